The van der Waals surface area contributed by atoms with Crippen LogP contribution in [-0.4, -0.2) is 53.2 Å². The van der Waals surface area contributed by atoms with Gasteiger partial charge in [-0.25, -0.2) is 4.79 Å². The quantitative estimate of drug-likeness (QED) is 0.703. The third-order valence-corrected chi connectivity index (χ3v) is 4.51. The smallest absolute Gasteiger partial charge is 0.315 e. The third kappa shape index (κ3) is 7.08. The van der Waals surface area contributed by atoms with Crippen molar-refractivity contribution in [3.8, 4) is 0 Å². The van der Waals surface area contributed by atoms with E-state index in [4.69, 9.17) is 0 Å². The van der Waals surface area contributed by atoms with Gasteiger partial charge in [-0.15, -0.1) is 0 Å². The highest BCUT2D eigenvalue weighted by molar-refractivity contribution is 5.74. The molecule has 0 aromatic heterocycles. The summed E-state index contributed by atoms with van der Waals surface area (Å²) in [6, 6.07) is 1.15. The van der Waals surface area contributed by atoms with E-state index >= 15 is 0 Å². The molecule has 0 atom stereocenters. The number of nitrogens with one attached hydrogen (secondary N) is 3. The summed E-state index contributed by atoms with van der Waals surface area (Å²) >= 11 is 0. The van der Waals surface area contributed by atoms with Crippen LogP contribution < -0.4 is 16.0 Å². The van der Waals surface area contributed by atoms with Crippen LogP contribution in [0.15, 0.2) is 0 Å². The highest BCUT2D eigenvalue weighted by Crippen LogP contribution is 2.28. The molecule has 1 saturated heterocycles. The van der Waals surface area contributed by atoms with E-state index in [2.05, 4.69) is 76.2 Å². The molecule has 5 heteroatoms. The van der Waals surface area contributed by atoms with Crippen molar-refractivity contribution in [1.29, 1.82) is 0 Å². The Morgan fingerprint density at radius 1 is 1.09 bits per heavy atom. The molecule has 0 unspecified atom stereocenters. The summed E-state index contributed by atoms with van der Waals surface area (Å²) < 4.78 is 0. The largest absolute Gasteiger partial charge is 0.337 e. The summed E-state index contributed by atoms with van der Waals surface area (Å²) in [5.74, 6) is 0. The summed E-state index contributed by atoms with van der Waals surface area (Å²) in [6.07, 6.45) is 1.90. The Hall–Kier alpha value is -0.810. The van der Waals surface area contributed by atoms with Gasteiger partial charge in [-0.2, -0.15) is 0 Å². The first-order valence-electron chi connectivity index (χ1n) is 9.01. The van der Waals surface area contributed by atoms with E-state index < -0.39 is 0 Å². The fraction of sp³-hybridized carbons (Fsp3) is 0.944. The topological polar surface area (TPSA) is 56.4 Å². The Bertz CT molecular complexity index is 366. The first-order valence-corrected chi connectivity index (χ1v) is 9.01. The molecule has 136 valence electrons. The molecule has 1 aliphatic rings. The Kier molecular flexibility index (Phi) is 6.90. The Morgan fingerprint density at radius 2 is 1.57 bits per heavy atom. The van der Waals surface area contributed by atoms with Crippen molar-refractivity contribution in [2.45, 2.75) is 97.4 Å². The summed E-state index contributed by atoms with van der Waals surface area (Å²) in [6.45, 7) is 19.1. The normalized spacial score (nSPS) is 21.0. The molecule has 1 aliphatic heterocycles. The molecular weight excluding hydrogens is 288 g/mol. The average molecular weight is 327 g/mol. The maximum absolute atomic E-state index is 12.2. The van der Waals surface area contributed by atoms with Crippen LogP contribution in [0.3, 0.4) is 0 Å². The van der Waals surface area contributed by atoms with Crippen LogP contribution in [-0.2, 0) is 0 Å². The van der Waals surface area contributed by atoms with Crippen LogP contribution in [0.1, 0.15) is 68.2 Å². The van der Waals surface area contributed by atoms with Crippen molar-refractivity contribution < 1.29 is 4.79 Å². The third-order valence-electron chi connectivity index (χ3n) is 4.51. The lowest BCUT2D eigenvalue weighted by molar-refractivity contribution is 0.146. The van der Waals surface area contributed by atoms with Crippen LogP contribution in [0.5, 0.6) is 0 Å². The zero-order valence-electron chi connectivity index (χ0n) is 16.4. The predicted octanol–water partition coefficient (Wildman–Crippen LogP) is 2.71. The van der Waals surface area contributed by atoms with Crippen molar-refractivity contribution in [3.63, 3.8) is 0 Å². The van der Waals surface area contributed by atoms with Gasteiger partial charge in [-0.05, 0) is 68.2 Å². The molecule has 0 aromatic rings. The number of carbonyl (C=O) groups is 1. The maximum atomic E-state index is 12.2. The second kappa shape index (κ2) is 7.84. The van der Waals surface area contributed by atoms with Gasteiger partial charge in [0, 0.05) is 42.3 Å². The van der Waals surface area contributed by atoms with E-state index in [1.165, 1.54) is 0 Å². The zero-order valence-corrected chi connectivity index (χ0v) is 16.4. The number of carbonyl (C=O) groups excluding carboxylic acids is 1. The second-order valence-electron chi connectivity index (χ2n) is 8.82. The number of nitrogens with zero attached hydrogens (tertiary/aromatic N) is 1. The van der Waals surface area contributed by atoms with Gasteiger partial charge in [0.25, 0.3) is 0 Å². The molecule has 0 aromatic carbocycles. The van der Waals surface area contributed by atoms with Gasteiger partial charge in [0.2, 0.25) is 0 Å². The van der Waals surface area contributed by atoms with Gasteiger partial charge in [0.15, 0.2) is 0 Å². The number of rotatable bonds is 6. The lowest BCUT2D eigenvalue weighted by atomic mass is 9.80. The van der Waals surface area contributed by atoms with Gasteiger partial charge in [-0.3, -0.25) is 4.90 Å². The molecule has 0 saturated carbocycles. The van der Waals surface area contributed by atoms with Crippen LogP contribution in [0.4, 0.5) is 4.79 Å². The Balaban J connectivity index is 2.42. The monoisotopic (exact) mass is 326 g/mol. The molecule has 1 heterocycles. The highest BCUT2D eigenvalue weighted by Gasteiger charge is 2.38. The number of urea groups is 1. The Labute approximate surface area is 143 Å². The summed E-state index contributed by atoms with van der Waals surface area (Å²) in [5.41, 5.74) is 0.0948. The van der Waals surface area contributed by atoms with E-state index in [1.807, 2.05) is 0 Å². The molecular formula is C18H38N4O. The molecule has 0 radical (unpaired) electrons. The molecule has 3 N–H and O–H groups in total. The van der Waals surface area contributed by atoms with E-state index in [0.29, 0.717) is 18.6 Å². The van der Waals surface area contributed by atoms with Crippen LogP contribution in [0, 0.1) is 0 Å². The van der Waals surface area contributed by atoms with E-state index in [-0.39, 0.29) is 23.2 Å². The van der Waals surface area contributed by atoms with E-state index in [9.17, 15) is 4.79 Å². The molecule has 23 heavy (non-hydrogen) atoms. The Morgan fingerprint density at radius 3 is 2.00 bits per heavy atom. The second-order valence-corrected chi connectivity index (χ2v) is 8.82. The first-order chi connectivity index (χ1) is 10.4. The lowest BCUT2D eigenvalue weighted by Gasteiger charge is -2.46. The molecule has 0 bridgehead atoms. The minimum absolute atomic E-state index is 0.0454. The molecule has 2 amide bonds. The fourth-order valence-electron chi connectivity index (χ4n) is 4.07. The molecule has 1 rings (SSSR count). The predicted molar refractivity (Wildman–Crippen MR) is 97.8 cm³/mol. The van der Waals surface area contributed by atoms with E-state index in [1.54, 1.807) is 0 Å². The molecule has 5 nitrogen and oxygen atoms in total. The summed E-state index contributed by atoms with van der Waals surface area (Å²) in [5, 5.41) is 9.81. The minimum atomic E-state index is -0.0454. The minimum Gasteiger partial charge on any atom is -0.337 e. The maximum Gasteiger partial charge on any atom is 0.315 e. The van der Waals surface area contributed by atoms with Crippen molar-refractivity contribution in [2.24, 2.45) is 0 Å². The lowest BCUT2D eigenvalue weighted by Crippen LogP contribution is -2.62. The summed E-state index contributed by atoms with van der Waals surface area (Å²) in [4.78, 5) is 14.6. The van der Waals surface area contributed by atoms with Crippen molar-refractivity contribution in [3.05, 3.63) is 0 Å². The zero-order chi connectivity index (χ0) is 17.8. The fourth-order valence-corrected chi connectivity index (χ4v) is 4.07. The van der Waals surface area contributed by atoms with E-state index in [0.717, 1.165) is 19.4 Å². The number of amides is 2. The van der Waals surface area contributed by atoms with Crippen LogP contribution in [0.2, 0.25) is 0 Å². The molecule has 1 fully saturated rings. The standard InChI is InChI=1S/C18H38N4O/c1-13(2)22(14(3)4)10-9-19-16(23)20-15-11-17(5,6)21-18(7,8)12-15/h13-15,21H,9-12H2,1-8H3,(H2,19,20,23). The number of piperidine rings is 1. The van der Waals surface area contributed by atoms with Gasteiger partial charge in [0.1, 0.15) is 0 Å². The first kappa shape index (κ1) is 20.2. The SMILES string of the molecule is CC(C)N(CCNC(=O)NC1CC(C)(C)NC(C)(C)C1)C(C)C. The van der Waals surface area contributed by atoms with Crippen molar-refractivity contribution >= 4 is 6.03 Å². The highest BCUT2D eigenvalue weighted by atomic mass is 16.2. The van der Waals surface area contributed by atoms with Gasteiger partial charge < -0.3 is 16.0 Å². The number of hydrogen-bond donors (Lipinski definition) is 3. The molecule has 0 spiro atoms. The molecule has 0 aliphatic carbocycles. The van der Waals surface area contributed by atoms with Crippen LogP contribution >= 0.6 is 0 Å². The summed E-state index contributed by atoms with van der Waals surface area (Å²) in [7, 11) is 0. The van der Waals surface area contributed by atoms with Crippen molar-refractivity contribution in [2.75, 3.05) is 13.1 Å². The van der Waals surface area contributed by atoms with Gasteiger partial charge in [0.05, 0.1) is 0 Å². The van der Waals surface area contributed by atoms with Gasteiger partial charge >= 0.3 is 6.03 Å². The number of hydrogen-bond acceptors (Lipinski definition) is 3. The van der Waals surface area contributed by atoms with Gasteiger partial charge in [-0.1, -0.05) is 0 Å². The average Bonchev–Trinajstić information content (AvgIpc) is 2.29. The van der Waals surface area contributed by atoms with Crippen LogP contribution in [0.25, 0.3) is 0 Å². The van der Waals surface area contributed by atoms with Crippen molar-refractivity contribution in [1.82, 2.24) is 20.9 Å².